The summed E-state index contributed by atoms with van der Waals surface area (Å²) in [5.41, 5.74) is 0.266. The molecule has 0 atom stereocenters. The third-order valence-electron chi connectivity index (χ3n) is 1.93. The molecule has 0 bridgehead atoms. The lowest BCUT2D eigenvalue weighted by atomic mass is 10.1. The molecule has 16 heavy (non-hydrogen) atoms. The number of phenolic OH excluding ortho intramolecular Hbond substituents is 1. The van der Waals surface area contributed by atoms with Gasteiger partial charge in [0.1, 0.15) is 12.2 Å². The number of ketones is 1. The summed E-state index contributed by atoms with van der Waals surface area (Å²) in [5.74, 6) is -1.10. The summed E-state index contributed by atoms with van der Waals surface area (Å²) in [5, 5.41) is 20.3. The molecule has 0 spiro atoms. The smallest absolute Gasteiger partial charge is 0.238 e. The minimum Gasteiger partial charge on any atom is -0.505 e. The van der Waals surface area contributed by atoms with Gasteiger partial charge in [-0.15, -0.1) is 0 Å². The Bertz CT molecular complexity index is 475. The van der Waals surface area contributed by atoms with E-state index in [2.05, 4.69) is 5.32 Å². The predicted molar refractivity (Wildman–Crippen MR) is 57.0 cm³/mol. The molecule has 5 heteroatoms. The summed E-state index contributed by atoms with van der Waals surface area (Å²) >= 11 is 0. The maximum atomic E-state index is 11.1. The van der Waals surface area contributed by atoms with Gasteiger partial charge in [-0.1, -0.05) is 6.07 Å². The van der Waals surface area contributed by atoms with Gasteiger partial charge in [0.05, 0.1) is 17.3 Å². The van der Waals surface area contributed by atoms with Crippen molar-refractivity contribution in [2.24, 2.45) is 0 Å². The van der Waals surface area contributed by atoms with Crippen molar-refractivity contribution < 1.29 is 14.7 Å². The molecule has 0 unspecified atom stereocenters. The molecule has 0 aromatic heterocycles. The van der Waals surface area contributed by atoms with Gasteiger partial charge in [-0.3, -0.25) is 9.59 Å². The molecule has 0 fully saturated rings. The van der Waals surface area contributed by atoms with Gasteiger partial charge in [0.15, 0.2) is 5.78 Å². The van der Waals surface area contributed by atoms with Gasteiger partial charge in [0.2, 0.25) is 5.91 Å². The quantitative estimate of drug-likeness (QED) is 0.593. The van der Waals surface area contributed by atoms with E-state index in [1.165, 1.54) is 19.1 Å². The molecule has 0 aliphatic heterocycles. The van der Waals surface area contributed by atoms with E-state index in [1.54, 1.807) is 12.1 Å². The number of rotatable bonds is 3. The summed E-state index contributed by atoms with van der Waals surface area (Å²) in [6.45, 7) is 1.32. The van der Waals surface area contributed by atoms with E-state index < -0.39 is 5.91 Å². The second-order valence-electron chi connectivity index (χ2n) is 3.14. The average molecular weight is 218 g/mol. The van der Waals surface area contributed by atoms with E-state index in [9.17, 15) is 14.7 Å². The molecule has 1 amide bonds. The second-order valence-corrected chi connectivity index (χ2v) is 3.14. The van der Waals surface area contributed by atoms with Crippen molar-refractivity contribution in [2.45, 2.75) is 13.3 Å². The van der Waals surface area contributed by atoms with Gasteiger partial charge < -0.3 is 10.4 Å². The zero-order valence-electron chi connectivity index (χ0n) is 8.65. The number of carbonyl (C=O) groups excluding carboxylic acids is 2. The lowest BCUT2D eigenvalue weighted by molar-refractivity contribution is -0.115. The van der Waals surface area contributed by atoms with Crippen LogP contribution in [-0.4, -0.2) is 16.8 Å². The SMILES string of the molecule is CC(=O)c1cccc(NC(=O)CC#N)c1O. The van der Waals surface area contributed by atoms with E-state index in [-0.39, 0.29) is 29.2 Å². The van der Waals surface area contributed by atoms with Gasteiger partial charge in [-0.05, 0) is 19.1 Å². The van der Waals surface area contributed by atoms with E-state index in [0.717, 1.165) is 0 Å². The van der Waals surface area contributed by atoms with Crippen LogP contribution in [0.2, 0.25) is 0 Å². The fourth-order valence-corrected chi connectivity index (χ4v) is 1.19. The Morgan fingerprint density at radius 3 is 2.75 bits per heavy atom. The predicted octanol–water partition coefficient (Wildman–Crippen LogP) is 1.45. The third-order valence-corrected chi connectivity index (χ3v) is 1.93. The van der Waals surface area contributed by atoms with Gasteiger partial charge in [-0.2, -0.15) is 5.26 Å². The number of anilines is 1. The Kier molecular flexibility index (Phi) is 3.62. The van der Waals surface area contributed by atoms with Crippen molar-refractivity contribution >= 4 is 17.4 Å². The number of nitriles is 1. The average Bonchev–Trinajstić information content (AvgIpc) is 2.21. The molecular formula is C11H10N2O3. The number of hydrogen-bond acceptors (Lipinski definition) is 4. The number of nitrogens with one attached hydrogen (secondary N) is 1. The number of nitrogens with zero attached hydrogens (tertiary/aromatic N) is 1. The molecular weight excluding hydrogens is 208 g/mol. The minimum atomic E-state index is -0.529. The van der Waals surface area contributed by atoms with Gasteiger partial charge in [0, 0.05) is 0 Å². The first-order valence-corrected chi connectivity index (χ1v) is 4.56. The lowest BCUT2D eigenvalue weighted by Gasteiger charge is -2.07. The summed E-state index contributed by atoms with van der Waals surface area (Å²) in [6.07, 6.45) is -0.302. The Hall–Kier alpha value is -2.35. The normalized spacial score (nSPS) is 9.25. The summed E-state index contributed by atoms with van der Waals surface area (Å²) in [4.78, 5) is 22.2. The fourth-order valence-electron chi connectivity index (χ4n) is 1.19. The maximum Gasteiger partial charge on any atom is 0.238 e. The molecule has 0 saturated carbocycles. The van der Waals surface area contributed by atoms with Crippen molar-refractivity contribution in [2.75, 3.05) is 5.32 Å². The molecule has 0 heterocycles. The van der Waals surface area contributed by atoms with Crippen molar-refractivity contribution in [3.8, 4) is 11.8 Å². The number of hydrogen-bond donors (Lipinski definition) is 2. The molecule has 0 radical (unpaired) electrons. The molecule has 1 rings (SSSR count). The second kappa shape index (κ2) is 4.94. The van der Waals surface area contributed by atoms with Crippen LogP contribution in [0.5, 0.6) is 5.75 Å². The molecule has 82 valence electrons. The molecule has 0 saturated heterocycles. The first-order valence-electron chi connectivity index (χ1n) is 4.56. The van der Waals surface area contributed by atoms with Gasteiger partial charge in [0.25, 0.3) is 0 Å². The van der Waals surface area contributed by atoms with Crippen LogP contribution in [0.25, 0.3) is 0 Å². The lowest BCUT2D eigenvalue weighted by Crippen LogP contribution is -2.10. The molecule has 0 aliphatic rings. The summed E-state index contributed by atoms with van der Waals surface area (Å²) in [7, 11) is 0. The summed E-state index contributed by atoms with van der Waals surface area (Å²) in [6, 6.07) is 6.14. The molecule has 1 aromatic carbocycles. The Morgan fingerprint density at radius 1 is 1.50 bits per heavy atom. The van der Waals surface area contributed by atoms with Crippen LogP contribution >= 0.6 is 0 Å². The van der Waals surface area contributed by atoms with Crippen molar-refractivity contribution in [1.82, 2.24) is 0 Å². The number of amides is 1. The molecule has 0 aliphatic carbocycles. The number of aromatic hydroxyl groups is 1. The molecule has 5 nitrogen and oxygen atoms in total. The van der Waals surface area contributed by atoms with Crippen LogP contribution in [0.3, 0.4) is 0 Å². The van der Waals surface area contributed by atoms with Crippen LogP contribution in [0.1, 0.15) is 23.7 Å². The monoisotopic (exact) mass is 218 g/mol. The van der Waals surface area contributed by atoms with Crippen LogP contribution in [0, 0.1) is 11.3 Å². The third kappa shape index (κ3) is 2.58. The summed E-state index contributed by atoms with van der Waals surface area (Å²) < 4.78 is 0. The van der Waals surface area contributed by atoms with Crippen LogP contribution < -0.4 is 5.32 Å². The van der Waals surface area contributed by atoms with Crippen LogP contribution in [0.15, 0.2) is 18.2 Å². The first-order chi connectivity index (χ1) is 7.56. The van der Waals surface area contributed by atoms with Crippen LogP contribution in [0.4, 0.5) is 5.69 Å². The van der Waals surface area contributed by atoms with Crippen molar-refractivity contribution in [3.63, 3.8) is 0 Å². The standard InChI is InChI=1S/C11H10N2O3/c1-7(14)8-3-2-4-9(11(8)16)13-10(15)5-6-12/h2-4,16H,5H2,1H3,(H,13,15). The Morgan fingerprint density at radius 2 is 2.19 bits per heavy atom. The zero-order valence-corrected chi connectivity index (χ0v) is 8.65. The first kappa shape index (κ1) is 11.7. The highest BCUT2D eigenvalue weighted by atomic mass is 16.3. The topological polar surface area (TPSA) is 90.2 Å². The van der Waals surface area contributed by atoms with E-state index >= 15 is 0 Å². The van der Waals surface area contributed by atoms with Gasteiger partial charge in [-0.25, -0.2) is 0 Å². The zero-order chi connectivity index (χ0) is 12.1. The largest absolute Gasteiger partial charge is 0.505 e. The van der Waals surface area contributed by atoms with E-state index in [1.807, 2.05) is 0 Å². The maximum absolute atomic E-state index is 11.1. The van der Waals surface area contributed by atoms with E-state index in [4.69, 9.17) is 5.26 Å². The Balaban J connectivity index is 2.98. The van der Waals surface area contributed by atoms with Crippen LogP contribution in [-0.2, 0) is 4.79 Å². The highest BCUT2D eigenvalue weighted by Crippen LogP contribution is 2.27. The molecule has 1 aromatic rings. The highest BCUT2D eigenvalue weighted by molar-refractivity contribution is 6.01. The number of benzene rings is 1. The van der Waals surface area contributed by atoms with Gasteiger partial charge >= 0.3 is 0 Å². The molecule has 2 N–H and O–H groups in total. The van der Waals surface area contributed by atoms with E-state index in [0.29, 0.717) is 0 Å². The Labute approximate surface area is 92.3 Å². The fraction of sp³-hybridized carbons (Fsp3) is 0.182. The number of carbonyl (C=O) groups is 2. The highest BCUT2D eigenvalue weighted by Gasteiger charge is 2.12. The van der Waals surface area contributed by atoms with Crippen molar-refractivity contribution in [1.29, 1.82) is 5.26 Å². The number of para-hydroxylation sites is 1. The minimum absolute atomic E-state index is 0.132. The number of Topliss-reactive ketones (excluding diaryl/α,β-unsaturated/α-hetero) is 1. The number of phenols is 1. The van der Waals surface area contributed by atoms with Crippen molar-refractivity contribution in [3.05, 3.63) is 23.8 Å².